The maximum absolute atomic E-state index is 12.1. The molecule has 1 aromatic heterocycles. The number of aliphatic hydroxyl groups excluding tert-OH is 1. The van der Waals surface area contributed by atoms with E-state index in [-0.39, 0.29) is 11.7 Å². The number of aliphatic hydroxyl groups is 1. The standard InChI is InChI=1S/C11H14F3N3O2/c12-11(13,14)9(18)4-16-10(19)8-3-6(15)5-17(8)7-1-2-7/h3,5,7,9,18H,1-2,4,15H2,(H,16,19). The molecule has 106 valence electrons. The normalized spacial score (nSPS) is 17.3. The number of nitrogen functional groups attached to an aromatic ring is 1. The van der Waals surface area contributed by atoms with Gasteiger partial charge in [-0.1, -0.05) is 0 Å². The molecule has 1 amide bonds. The first-order valence-corrected chi connectivity index (χ1v) is 5.79. The van der Waals surface area contributed by atoms with E-state index in [4.69, 9.17) is 10.8 Å². The van der Waals surface area contributed by atoms with Crippen molar-refractivity contribution in [3.8, 4) is 0 Å². The Hall–Kier alpha value is -1.70. The molecule has 0 radical (unpaired) electrons. The number of aromatic nitrogens is 1. The Morgan fingerprint density at radius 1 is 1.58 bits per heavy atom. The Morgan fingerprint density at radius 3 is 2.74 bits per heavy atom. The van der Waals surface area contributed by atoms with Gasteiger partial charge in [0.1, 0.15) is 5.69 Å². The molecule has 1 unspecified atom stereocenters. The van der Waals surface area contributed by atoms with E-state index in [1.165, 1.54) is 6.07 Å². The molecule has 0 spiro atoms. The summed E-state index contributed by atoms with van der Waals surface area (Å²) >= 11 is 0. The van der Waals surface area contributed by atoms with E-state index in [0.29, 0.717) is 5.69 Å². The molecule has 1 atom stereocenters. The van der Waals surface area contributed by atoms with Crippen LogP contribution in [0.4, 0.5) is 18.9 Å². The highest BCUT2D eigenvalue weighted by molar-refractivity contribution is 5.93. The van der Waals surface area contributed by atoms with Crippen LogP contribution < -0.4 is 11.1 Å². The van der Waals surface area contributed by atoms with Gasteiger partial charge in [-0.05, 0) is 18.9 Å². The third-order valence-electron chi connectivity index (χ3n) is 2.88. The minimum atomic E-state index is -4.75. The smallest absolute Gasteiger partial charge is 0.397 e. The van der Waals surface area contributed by atoms with Crippen LogP contribution in [-0.2, 0) is 0 Å². The first-order chi connectivity index (χ1) is 8.79. The predicted molar refractivity (Wildman–Crippen MR) is 61.5 cm³/mol. The molecule has 8 heteroatoms. The van der Waals surface area contributed by atoms with Gasteiger partial charge in [-0.25, -0.2) is 0 Å². The number of rotatable bonds is 4. The largest absolute Gasteiger partial charge is 0.416 e. The quantitative estimate of drug-likeness (QED) is 0.769. The monoisotopic (exact) mass is 277 g/mol. The van der Waals surface area contributed by atoms with Crippen LogP contribution in [0.15, 0.2) is 12.3 Å². The number of nitrogens with zero attached hydrogens (tertiary/aromatic N) is 1. The van der Waals surface area contributed by atoms with E-state index in [1.54, 1.807) is 10.8 Å². The minimum Gasteiger partial charge on any atom is -0.397 e. The van der Waals surface area contributed by atoms with E-state index in [2.05, 4.69) is 5.32 Å². The maximum atomic E-state index is 12.1. The molecule has 1 aromatic rings. The molecule has 2 rings (SSSR count). The number of hydrogen-bond donors (Lipinski definition) is 3. The lowest BCUT2D eigenvalue weighted by atomic mass is 10.3. The molecule has 1 fully saturated rings. The number of halogens is 3. The van der Waals surface area contributed by atoms with Crippen LogP contribution in [0.1, 0.15) is 29.4 Å². The molecule has 0 aromatic carbocycles. The highest BCUT2D eigenvalue weighted by Gasteiger charge is 2.38. The van der Waals surface area contributed by atoms with Gasteiger partial charge in [-0.15, -0.1) is 0 Å². The van der Waals surface area contributed by atoms with Gasteiger partial charge in [0.25, 0.3) is 5.91 Å². The topological polar surface area (TPSA) is 80.3 Å². The Morgan fingerprint density at radius 2 is 2.21 bits per heavy atom. The molecule has 1 saturated carbocycles. The van der Waals surface area contributed by atoms with Crippen LogP contribution in [0.2, 0.25) is 0 Å². The molecule has 5 nitrogen and oxygen atoms in total. The zero-order valence-corrected chi connectivity index (χ0v) is 9.94. The van der Waals surface area contributed by atoms with Crippen molar-refractivity contribution in [3.05, 3.63) is 18.0 Å². The summed E-state index contributed by atoms with van der Waals surface area (Å²) in [6.07, 6.45) is -3.89. The van der Waals surface area contributed by atoms with Crippen molar-refractivity contribution in [2.45, 2.75) is 31.2 Å². The van der Waals surface area contributed by atoms with Crippen molar-refractivity contribution in [1.29, 1.82) is 0 Å². The molecule has 1 aliphatic rings. The zero-order valence-electron chi connectivity index (χ0n) is 9.94. The Kier molecular flexibility index (Phi) is 3.44. The summed E-state index contributed by atoms with van der Waals surface area (Å²) < 4.78 is 37.9. The van der Waals surface area contributed by atoms with Crippen molar-refractivity contribution in [1.82, 2.24) is 9.88 Å². The van der Waals surface area contributed by atoms with Gasteiger partial charge in [0.15, 0.2) is 6.10 Å². The van der Waals surface area contributed by atoms with Crippen molar-refractivity contribution >= 4 is 11.6 Å². The molecular weight excluding hydrogens is 263 g/mol. The number of carbonyl (C=O) groups excluding carboxylic acids is 1. The summed E-state index contributed by atoms with van der Waals surface area (Å²) in [5.74, 6) is -0.674. The van der Waals surface area contributed by atoms with E-state index in [1.807, 2.05) is 0 Å². The number of anilines is 1. The molecule has 0 aliphatic heterocycles. The number of hydrogen-bond acceptors (Lipinski definition) is 3. The Labute approximate surface area is 107 Å². The average Bonchev–Trinajstić information content (AvgIpc) is 3.07. The number of nitrogens with one attached hydrogen (secondary N) is 1. The lowest BCUT2D eigenvalue weighted by Crippen LogP contribution is -2.41. The van der Waals surface area contributed by atoms with Crippen LogP contribution in [0.5, 0.6) is 0 Å². The fourth-order valence-electron chi connectivity index (χ4n) is 1.73. The van der Waals surface area contributed by atoms with E-state index >= 15 is 0 Å². The SMILES string of the molecule is Nc1cc(C(=O)NCC(O)C(F)(F)F)n(C2CC2)c1. The summed E-state index contributed by atoms with van der Waals surface area (Å²) in [4.78, 5) is 11.8. The average molecular weight is 277 g/mol. The number of carbonyl (C=O) groups is 1. The van der Waals surface area contributed by atoms with Crippen LogP contribution in [0.3, 0.4) is 0 Å². The fourth-order valence-corrected chi connectivity index (χ4v) is 1.73. The lowest BCUT2D eigenvalue weighted by Gasteiger charge is -2.15. The highest BCUT2D eigenvalue weighted by atomic mass is 19.4. The van der Waals surface area contributed by atoms with Gasteiger partial charge in [0.2, 0.25) is 0 Å². The van der Waals surface area contributed by atoms with E-state index in [0.717, 1.165) is 12.8 Å². The second-order valence-electron chi connectivity index (χ2n) is 4.56. The summed E-state index contributed by atoms with van der Waals surface area (Å²) in [7, 11) is 0. The molecular formula is C11H14F3N3O2. The van der Waals surface area contributed by atoms with Crippen molar-refractivity contribution in [2.75, 3.05) is 12.3 Å². The molecule has 1 aliphatic carbocycles. The highest BCUT2D eigenvalue weighted by Crippen LogP contribution is 2.37. The van der Waals surface area contributed by atoms with Crippen LogP contribution in [-0.4, -0.2) is 34.4 Å². The van der Waals surface area contributed by atoms with Gasteiger partial charge in [-0.3, -0.25) is 4.79 Å². The molecule has 1 heterocycles. The second-order valence-corrected chi connectivity index (χ2v) is 4.56. The van der Waals surface area contributed by atoms with Crippen molar-refractivity contribution in [3.63, 3.8) is 0 Å². The van der Waals surface area contributed by atoms with E-state index < -0.39 is 24.7 Å². The van der Waals surface area contributed by atoms with E-state index in [9.17, 15) is 18.0 Å². The first-order valence-electron chi connectivity index (χ1n) is 5.79. The lowest BCUT2D eigenvalue weighted by molar-refractivity contribution is -0.201. The molecule has 0 bridgehead atoms. The summed E-state index contributed by atoms with van der Waals surface area (Å²) in [5, 5.41) is 10.9. The van der Waals surface area contributed by atoms with Crippen LogP contribution >= 0.6 is 0 Å². The number of amides is 1. The predicted octanol–water partition coefficient (Wildman–Crippen LogP) is 1.06. The minimum absolute atomic E-state index is 0.186. The van der Waals surface area contributed by atoms with Crippen LogP contribution in [0.25, 0.3) is 0 Å². The molecule has 19 heavy (non-hydrogen) atoms. The van der Waals surface area contributed by atoms with Gasteiger partial charge in [0.05, 0.1) is 12.2 Å². The third kappa shape index (κ3) is 3.19. The number of nitrogens with two attached hydrogens (primary N) is 1. The van der Waals surface area contributed by atoms with Gasteiger partial charge < -0.3 is 20.7 Å². The Bertz CT molecular complexity index is 480. The van der Waals surface area contributed by atoms with Gasteiger partial charge >= 0.3 is 6.18 Å². The van der Waals surface area contributed by atoms with Gasteiger partial charge in [0, 0.05) is 12.2 Å². The second kappa shape index (κ2) is 4.76. The summed E-state index contributed by atoms with van der Waals surface area (Å²) in [5.41, 5.74) is 6.18. The molecule has 0 saturated heterocycles. The van der Waals surface area contributed by atoms with Crippen molar-refractivity contribution < 1.29 is 23.1 Å². The van der Waals surface area contributed by atoms with Crippen LogP contribution in [0, 0.1) is 0 Å². The summed E-state index contributed by atoms with van der Waals surface area (Å²) in [6.45, 7) is -0.877. The first kappa shape index (κ1) is 13.7. The third-order valence-corrected chi connectivity index (χ3v) is 2.88. The Balaban J connectivity index is 2.00. The summed E-state index contributed by atoms with van der Waals surface area (Å²) in [6, 6.07) is 1.60. The maximum Gasteiger partial charge on any atom is 0.416 e. The van der Waals surface area contributed by atoms with Crippen molar-refractivity contribution in [2.24, 2.45) is 0 Å². The fraction of sp³-hybridized carbons (Fsp3) is 0.545. The molecule has 4 N–H and O–H groups in total. The number of alkyl halides is 3. The zero-order chi connectivity index (χ0) is 14.2. The van der Waals surface area contributed by atoms with Gasteiger partial charge in [-0.2, -0.15) is 13.2 Å².